The number of nitrogens with zero attached hydrogens (tertiary/aromatic N) is 4. The Morgan fingerprint density at radius 2 is 2.29 bits per heavy atom. The zero-order chi connectivity index (χ0) is 14.4. The molecule has 108 valence electrons. The Labute approximate surface area is 125 Å². The lowest BCUT2D eigenvalue weighted by atomic mass is 10.1. The molecule has 4 rings (SSSR count). The van der Waals surface area contributed by atoms with Gasteiger partial charge >= 0.3 is 0 Å². The Hall–Kier alpha value is -1.99. The smallest absolute Gasteiger partial charge is 0.235 e. The van der Waals surface area contributed by atoms with Crippen LogP contribution in [0.4, 0.5) is 0 Å². The van der Waals surface area contributed by atoms with Crippen molar-refractivity contribution in [2.75, 3.05) is 6.61 Å². The number of hydrogen-bond acceptors (Lipinski definition) is 6. The predicted molar refractivity (Wildman–Crippen MR) is 78.4 cm³/mol. The third-order valence-electron chi connectivity index (χ3n) is 3.62. The predicted octanol–water partition coefficient (Wildman–Crippen LogP) is 2.72. The highest BCUT2D eigenvalue weighted by Crippen LogP contribution is 2.34. The molecule has 3 aromatic rings. The van der Waals surface area contributed by atoms with Gasteiger partial charge in [-0.3, -0.25) is 0 Å². The SMILES string of the molecule is Cc1ccc(O)c(-c2nn3c(C4CCCO4)nnc3s2)c1. The molecule has 21 heavy (non-hydrogen) atoms. The second kappa shape index (κ2) is 4.78. The van der Waals surface area contributed by atoms with E-state index in [1.54, 1.807) is 10.6 Å². The van der Waals surface area contributed by atoms with Crippen LogP contribution in [0.3, 0.4) is 0 Å². The van der Waals surface area contributed by atoms with Crippen LogP contribution in [-0.2, 0) is 4.74 Å². The Bertz CT molecular complexity index is 805. The highest BCUT2D eigenvalue weighted by molar-refractivity contribution is 7.19. The van der Waals surface area contributed by atoms with E-state index >= 15 is 0 Å². The molecule has 1 aliphatic heterocycles. The Kier molecular flexibility index (Phi) is 2.90. The molecule has 7 heteroatoms. The number of phenolic OH excluding ortho intramolecular Hbond substituents is 1. The van der Waals surface area contributed by atoms with Crippen molar-refractivity contribution in [1.82, 2.24) is 19.8 Å². The zero-order valence-electron chi connectivity index (χ0n) is 11.5. The molecular formula is C14H14N4O2S. The summed E-state index contributed by atoms with van der Waals surface area (Å²) in [5.41, 5.74) is 1.80. The molecule has 1 unspecified atom stereocenters. The van der Waals surface area contributed by atoms with Gasteiger partial charge in [-0.2, -0.15) is 9.61 Å². The van der Waals surface area contributed by atoms with E-state index in [-0.39, 0.29) is 11.9 Å². The first-order chi connectivity index (χ1) is 10.2. The van der Waals surface area contributed by atoms with Gasteiger partial charge in [0.05, 0.1) is 5.56 Å². The fraction of sp³-hybridized carbons (Fsp3) is 0.357. The number of benzene rings is 1. The van der Waals surface area contributed by atoms with Crippen LogP contribution in [0.25, 0.3) is 15.5 Å². The summed E-state index contributed by atoms with van der Waals surface area (Å²) in [5.74, 6) is 0.973. The van der Waals surface area contributed by atoms with Crippen LogP contribution >= 0.6 is 11.3 Å². The second-order valence-electron chi connectivity index (χ2n) is 5.18. The van der Waals surface area contributed by atoms with Crippen molar-refractivity contribution < 1.29 is 9.84 Å². The number of fused-ring (bicyclic) bond motifs is 1. The minimum atomic E-state index is -0.0268. The Morgan fingerprint density at radius 3 is 3.10 bits per heavy atom. The summed E-state index contributed by atoms with van der Waals surface area (Å²) in [6, 6.07) is 5.48. The van der Waals surface area contributed by atoms with E-state index in [4.69, 9.17) is 4.74 Å². The fourth-order valence-electron chi connectivity index (χ4n) is 2.54. The molecule has 0 radical (unpaired) electrons. The maximum atomic E-state index is 10.0. The summed E-state index contributed by atoms with van der Waals surface area (Å²) in [5, 5.41) is 23.7. The summed E-state index contributed by atoms with van der Waals surface area (Å²) >= 11 is 1.42. The number of ether oxygens (including phenoxy) is 1. The Balaban J connectivity index is 1.82. The van der Waals surface area contributed by atoms with Crippen molar-refractivity contribution in [3.63, 3.8) is 0 Å². The quantitative estimate of drug-likeness (QED) is 0.788. The molecule has 0 saturated carbocycles. The van der Waals surface area contributed by atoms with Crippen molar-refractivity contribution in [1.29, 1.82) is 0 Å². The van der Waals surface area contributed by atoms with Crippen molar-refractivity contribution >= 4 is 16.3 Å². The van der Waals surface area contributed by atoms with Crippen LogP contribution in [0.2, 0.25) is 0 Å². The molecule has 0 amide bonds. The second-order valence-corrected chi connectivity index (χ2v) is 6.14. The third kappa shape index (κ3) is 2.09. The summed E-state index contributed by atoms with van der Waals surface area (Å²) in [7, 11) is 0. The number of aromatic nitrogens is 4. The molecule has 6 nitrogen and oxygen atoms in total. The van der Waals surface area contributed by atoms with Crippen molar-refractivity contribution in [3.8, 4) is 16.3 Å². The van der Waals surface area contributed by atoms with Gasteiger partial charge < -0.3 is 9.84 Å². The van der Waals surface area contributed by atoms with Gasteiger partial charge in [-0.05, 0) is 31.9 Å². The van der Waals surface area contributed by atoms with Gasteiger partial charge in [0.1, 0.15) is 11.9 Å². The first-order valence-corrected chi connectivity index (χ1v) is 7.68. The third-order valence-corrected chi connectivity index (χ3v) is 4.55. The topological polar surface area (TPSA) is 72.5 Å². The van der Waals surface area contributed by atoms with Crippen LogP contribution in [0.1, 0.15) is 30.3 Å². The average molecular weight is 302 g/mol. The molecule has 1 fully saturated rings. The lowest BCUT2D eigenvalue weighted by molar-refractivity contribution is 0.103. The number of rotatable bonds is 2. The van der Waals surface area contributed by atoms with Gasteiger partial charge in [-0.15, -0.1) is 10.2 Å². The molecule has 2 aromatic heterocycles. The Morgan fingerprint density at radius 1 is 1.38 bits per heavy atom. The van der Waals surface area contributed by atoms with Gasteiger partial charge in [0, 0.05) is 6.61 Å². The highest BCUT2D eigenvalue weighted by atomic mass is 32.1. The summed E-state index contributed by atoms with van der Waals surface area (Å²) < 4.78 is 7.39. The van der Waals surface area contributed by atoms with Gasteiger partial charge in [-0.1, -0.05) is 23.0 Å². The largest absolute Gasteiger partial charge is 0.507 e. The number of aryl methyl sites for hydroxylation is 1. The van der Waals surface area contributed by atoms with Crippen LogP contribution in [0.5, 0.6) is 5.75 Å². The van der Waals surface area contributed by atoms with Crippen molar-refractivity contribution in [2.24, 2.45) is 0 Å². The molecular weight excluding hydrogens is 288 g/mol. The lowest BCUT2D eigenvalue weighted by Gasteiger charge is -2.04. The van der Waals surface area contributed by atoms with E-state index in [0.717, 1.165) is 46.4 Å². The van der Waals surface area contributed by atoms with Crippen LogP contribution in [0, 0.1) is 6.92 Å². The first-order valence-electron chi connectivity index (χ1n) is 6.86. The van der Waals surface area contributed by atoms with E-state index in [1.165, 1.54) is 11.3 Å². The van der Waals surface area contributed by atoms with E-state index < -0.39 is 0 Å². The summed E-state index contributed by atoms with van der Waals surface area (Å²) in [4.78, 5) is 0.719. The molecule has 3 heterocycles. The fourth-order valence-corrected chi connectivity index (χ4v) is 3.42. The number of aromatic hydroxyl groups is 1. The normalized spacial score (nSPS) is 18.6. The average Bonchev–Trinajstić information content (AvgIpc) is 3.15. The minimum absolute atomic E-state index is 0.0268. The molecule has 1 saturated heterocycles. The zero-order valence-corrected chi connectivity index (χ0v) is 12.3. The van der Waals surface area contributed by atoms with Crippen LogP contribution in [0.15, 0.2) is 18.2 Å². The molecule has 0 bridgehead atoms. The molecule has 1 N–H and O–H groups in total. The summed E-state index contributed by atoms with van der Waals surface area (Å²) in [6.45, 7) is 2.75. The van der Waals surface area contributed by atoms with E-state index in [9.17, 15) is 5.11 Å². The van der Waals surface area contributed by atoms with E-state index in [1.807, 2.05) is 19.1 Å². The van der Waals surface area contributed by atoms with Crippen molar-refractivity contribution in [3.05, 3.63) is 29.6 Å². The van der Waals surface area contributed by atoms with Gasteiger partial charge in [-0.25, -0.2) is 0 Å². The van der Waals surface area contributed by atoms with Crippen molar-refractivity contribution in [2.45, 2.75) is 25.9 Å². The highest BCUT2D eigenvalue weighted by Gasteiger charge is 2.25. The number of phenols is 1. The molecule has 1 atom stereocenters. The van der Waals surface area contributed by atoms with Gasteiger partial charge in [0.25, 0.3) is 0 Å². The standard InChI is InChI=1S/C14H14N4O2S/c1-8-4-5-10(19)9(7-8)13-17-18-12(11-3-2-6-20-11)15-16-14(18)21-13/h4-5,7,11,19H,2-3,6H2,1H3. The first kappa shape index (κ1) is 12.7. The lowest BCUT2D eigenvalue weighted by Crippen LogP contribution is -2.03. The monoisotopic (exact) mass is 302 g/mol. The molecule has 0 aliphatic carbocycles. The molecule has 1 aliphatic rings. The number of hydrogen-bond donors (Lipinski definition) is 1. The van der Waals surface area contributed by atoms with E-state index in [2.05, 4.69) is 15.3 Å². The maximum absolute atomic E-state index is 10.0. The minimum Gasteiger partial charge on any atom is -0.507 e. The van der Waals surface area contributed by atoms with Gasteiger partial charge in [0.15, 0.2) is 10.8 Å². The summed E-state index contributed by atoms with van der Waals surface area (Å²) in [6.07, 6.45) is 1.96. The van der Waals surface area contributed by atoms with Crippen LogP contribution < -0.4 is 0 Å². The maximum Gasteiger partial charge on any atom is 0.235 e. The molecule has 1 aromatic carbocycles. The van der Waals surface area contributed by atoms with E-state index in [0.29, 0.717) is 0 Å². The molecule has 0 spiro atoms. The van der Waals surface area contributed by atoms with Gasteiger partial charge in [0.2, 0.25) is 4.96 Å². The van der Waals surface area contributed by atoms with Crippen LogP contribution in [-0.4, -0.2) is 31.5 Å².